The molecule has 0 saturated heterocycles. The van der Waals surface area contributed by atoms with Crippen LogP contribution in [0.4, 0.5) is 0 Å². The van der Waals surface area contributed by atoms with Crippen LogP contribution in [0.25, 0.3) is 11.0 Å². The topological polar surface area (TPSA) is 25.2 Å². The summed E-state index contributed by atoms with van der Waals surface area (Å²) < 4.78 is 5.99. The first-order valence-electron chi connectivity index (χ1n) is 7.55. The van der Waals surface area contributed by atoms with Crippen LogP contribution < -0.4 is 5.32 Å². The molecule has 0 radical (unpaired) electrons. The smallest absolute Gasteiger partial charge is 0.134 e. The quantitative estimate of drug-likeness (QED) is 0.814. The largest absolute Gasteiger partial charge is 0.459 e. The molecule has 1 heterocycles. The molecule has 0 saturated carbocycles. The Kier molecular flexibility index (Phi) is 4.54. The molecule has 0 aliphatic heterocycles. The van der Waals surface area contributed by atoms with E-state index in [0.29, 0.717) is 17.4 Å². The molecule has 2 aromatic rings. The van der Waals surface area contributed by atoms with E-state index in [2.05, 4.69) is 51.2 Å². The van der Waals surface area contributed by atoms with Gasteiger partial charge in [-0.2, -0.15) is 0 Å². The fourth-order valence-corrected chi connectivity index (χ4v) is 3.08. The van der Waals surface area contributed by atoms with Crippen molar-refractivity contribution in [3.05, 3.63) is 36.1 Å². The van der Waals surface area contributed by atoms with Crippen molar-refractivity contribution in [2.24, 2.45) is 11.3 Å². The van der Waals surface area contributed by atoms with Crippen molar-refractivity contribution >= 4 is 11.0 Å². The van der Waals surface area contributed by atoms with Crippen LogP contribution in [0.1, 0.15) is 52.3 Å². The maximum Gasteiger partial charge on any atom is 0.134 e. The number of hydrogen-bond donors (Lipinski definition) is 1. The second-order valence-electron chi connectivity index (χ2n) is 7.13. The number of rotatable bonds is 5. The normalized spacial score (nSPS) is 15.4. The van der Waals surface area contributed by atoms with Crippen LogP contribution in [0.15, 0.2) is 34.7 Å². The average Bonchev–Trinajstić information content (AvgIpc) is 2.77. The third-order valence-electron chi connectivity index (χ3n) is 3.74. The molecule has 110 valence electrons. The van der Waals surface area contributed by atoms with Gasteiger partial charge in [0.25, 0.3) is 0 Å². The third kappa shape index (κ3) is 3.86. The molecule has 2 nitrogen and oxygen atoms in total. The Morgan fingerprint density at radius 1 is 1.20 bits per heavy atom. The Bertz CT molecular complexity index is 517. The highest BCUT2D eigenvalue weighted by molar-refractivity contribution is 5.77. The fraction of sp³-hybridized carbons (Fsp3) is 0.556. The van der Waals surface area contributed by atoms with Crippen LogP contribution >= 0.6 is 0 Å². The lowest BCUT2D eigenvalue weighted by atomic mass is 9.82. The number of fused-ring (bicyclic) bond motifs is 1. The van der Waals surface area contributed by atoms with E-state index in [9.17, 15) is 0 Å². The van der Waals surface area contributed by atoms with Gasteiger partial charge in [0.05, 0.1) is 6.04 Å². The molecule has 0 amide bonds. The van der Waals surface area contributed by atoms with Crippen LogP contribution in [-0.2, 0) is 0 Å². The zero-order chi connectivity index (χ0) is 14.8. The van der Waals surface area contributed by atoms with E-state index in [0.717, 1.165) is 17.8 Å². The van der Waals surface area contributed by atoms with Gasteiger partial charge >= 0.3 is 0 Å². The molecule has 0 aliphatic carbocycles. The summed E-state index contributed by atoms with van der Waals surface area (Å²) >= 11 is 0. The van der Waals surface area contributed by atoms with Gasteiger partial charge in [0.15, 0.2) is 0 Å². The van der Waals surface area contributed by atoms with Crippen molar-refractivity contribution in [1.82, 2.24) is 5.32 Å². The zero-order valence-corrected chi connectivity index (χ0v) is 13.4. The number of hydrogen-bond acceptors (Lipinski definition) is 2. The van der Waals surface area contributed by atoms with E-state index >= 15 is 0 Å². The number of furan rings is 1. The minimum Gasteiger partial charge on any atom is -0.459 e. The molecule has 1 aromatic heterocycles. The van der Waals surface area contributed by atoms with Crippen molar-refractivity contribution in [3.8, 4) is 0 Å². The molecule has 1 N–H and O–H groups in total. The molecule has 2 atom stereocenters. The van der Waals surface area contributed by atoms with Crippen LogP contribution in [0, 0.1) is 11.3 Å². The standard InChI is InChI=1S/C18H27NO/c1-13(12-18(2,3)4)10-15(19-5)17-11-14-8-6-7-9-16(14)20-17/h6-9,11,13,15,19H,10,12H2,1-5H3. The monoisotopic (exact) mass is 273 g/mol. The maximum absolute atomic E-state index is 5.99. The number of para-hydroxylation sites is 1. The summed E-state index contributed by atoms with van der Waals surface area (Å²) in [5, 5.41) is 4.59. The highest BCUT2D eigenvalue weighted by Crippen LogP contribution is 2.32. The van der Waals surface area contributed by atoms with E-state index in [1.807, 2.05) is 19.2 Å². The lowest BCUT2D eigenvalue weighted by Gasteiger charge is -2.25. The molecule has 0 spiro atoms. The van der Waals surface area contributed by atoms with E-state index in [1.54, 1.807) is 0 Å². The zero-order valence-electron chi connectivity index (χ0n) is 13.4. The Balaban J connectivity index is 2.11. The fourth-order valence-electron chi connectivity index (χ4n) is 3.08. The van der Waals surface area contributed by atoms with Gasteiger partial charge in [-0.1, -0.05) is 45.9 Å². The summed E-state index contributed by atoms with van der Waals surface area (Å²) in [6.07, 6.45) is 2.33. The highest BCUT2D eigenvalue weighted by atomic mass is 16.3. The van der Waals surface area contributed by atoms with E-state index in [1.165, 1.54) is 11.8 Å². The van der Waals surface area contributed by atoms with Crippen molar-refractivity contribution in [3.63, 3.8) is 0 Å². The first kappa shape index (κ1) is 15.1. The van der Waals surface area contributed by atoms with Crippen LogP contribution in [0.5, 0.6) is 0 Å². The van der Waals surface area contributed by atoms with Crippen molar-refractivity contribution in [2.75, 3.05) is 7.05 Å². The van der Waals surface area contributed by atoms with E-state index in [-0.39, 0.29) is 0 Å². The van der Waals surface area contributed by atoms with Gasteiger partial charge < -0.3 is 9.73 Å². The van der Waals surface area contributed by atoms with Crippen molar-refractivity contribution in [2.45, 2.75) is 46.6 Å². The maximum atomic E-state index is 5.99. The Hall–Kier alpha value is -1.28. The van der Waals surface area contributed by atoms with Gasteiger partial charge in [0.1, 0.15) is 11.3 Å². The van der Waals surface area contributed by atoms with E-state index < -0.39 is 0 Å². The summed E-state index contributed by atoms with van der Waals surface area (Å²) in [6, 6.07) is 10.7. The van der Waals surface area contributed by atoms with Crippen LogP contribution in [0.3, 0.4) is 0 Å². The SMILES string of the molecule is CNC(CC(C)CC(C)(C)C)c1cc2ccccc2o1. The Labute approximate surface area is 122 Å². The first-order chi connectivity index (χ1) is 9.39. The molecular formula is C18H27NO. The molecule has 0 bridgehead atoms. The molecule has 2 rings (SSSR count). The predicted octanol–water partition coefficient (Wildman–Crippen LogP) is 5.16. The van der Waals surface area contributed by atoms with Gasteiger partial charge in [-0.25, -0.2) is 0 Å². The highest BCUT2D eigenvalue weighted by Gasteiger charge is 2.21. The molecule has 2 heteroatoms. The van der Waals surface area contributed by atoms with Crippen molar-refractivity contribution in [1.29, 1.82) is 0 Å². The Morgan fingerprint density at radius 2 is 1.90 bits per heavy atom. The lowest BCUT2D eigenvalue weighted by molar-refractivity contribution is 0.270. The van der Waals surface area contributed by atoms with Crippen molar-refractivity contribution < 1.29 is 4.42 Å². The minimum absolute atomic E-state index is 0.291. The lowest BCUT2D eigenvalue weighted by Crippen LogP contribution is -2.21. The predicted molar refractivity (Wildman–Crippen MR) is 85.9 cm³/mol. The summed E-state index contributed by atoms with van der Waals surface area (Å²) in [5.41, 5.74) is 1.36. The summed E-state index contributed by atoms with van der Waals surface area (Å²) in [7, 11) is 2.02. The van der Waals surface area contributed by atoms with Crippen LogP contribution in [0.2, 0.25) is 0 Å². The summed E-state index contributed by atoms with van der Waals surface area (Å²) in [6.45, 7) is 9.25. The van der Waals surface area contributed by atoms with Gasteiger partial charge in [0.2, 0.25) is 0 Å². The number of nitrogens with one attached hydrogen (secondary N) is 1. The van der Waals surface area contributed by atoms with Gasteiger partial charge in [-0.15, -0.1) is 0 Å². The van der Waals surface area contributed by atoms with Gasteiger partial charge in [-0.05, 0) is 43.4 Å². The van der Waals surface area contributed by atoms with Gasteiger partial charge in [-0.3, -0.25) is 0 Å². The van der Waals surface area contributed by atoms with E-state index in [4.69, 9.17) is 4.42 Å². The molecule has 20 heavy (non-hydrogen) atoms. The second-order valence-corrected chi connectivity index (χ2v) is 7.13. The Morgan fingerprint density at radius 3 is 2.50 bits per heavy atom. The minimum atomic E-state index is 0.291. The third-order valence-corrected chi connectivity index (χ3v) is 3.74. The average molecular weight is 273 g/mol. The summed E-state index contributed by atoms with van der Waals surface area (Å²) in [5.74, 6) is 1.72. The van der Waals surface area contributed by atoms with Crippen LogP contribution in [-0.4, -0.2) is 7.05 Å². The molecule has 0 fully saturated rings. The molecule has 0 aliphatic rings. The number of benzene rings is 1. The summed E-state index contributed by atoms with van der Waals surface area (Å²) in [4.78, 5) is 0. The molecule has 2 unspecified atom stereocenters. The second kappa shape index (κ2) is 6.01. The molecule has 1 aromatic carbocycles. The first-order valence-corrected chi connectivity index (χ1v) is 7.55. The molecular weight excluding hydrogens is 246 g/mol. The van der Waals surface area contributed by atoms with Gasteiger partial charge in [0, 0.05) is 5.39 Å².